The molecule has 0 aliphatic heterocycles. The number of aromatic hydroxyl groups is 1. The largest absolute Gasteiger partial charge is 0.507 e. The van der Waals surface area contributed by atoms with Gasteiger partial charge in [-0.3, -0.25) is 14.9 Å². The highest BCUT2D eigenvalue weighted by molar-refractivity contribution is 6.09. The highest BCUT2D eigenvalue weighted by atomic mass is 16.6. The van der Waals surface area contributed by atoms with Crippen molar-refractivity contribution in [3.63, 3.8) is 0 Å². The average molecular weight is 453 g/mol. The molecule has 0 saturated heterocycles. The molecule has 1 aromatic heterocycles. The third-order valence-corrected chi connectivity index (χ3v) is 5.49. The summed E-state index contributed by atoms with van der Waals surface area (Å²) in [7, 11) is 1.21. The maximum Gasteiger partial charge on any atom is 0.306 e. The molecular formula is C24H15N5O5. The molecule has 1 heterocycles. The SMILES string of the molecule is COC(=O)CC(c1cccc([N+](=O)[O-])c1)c1c(O)c2ccccc2c2nc(C#N)c(C#N)nc12. The Morgan fingerprint density at radius 1 is 1.09 bits per heavy atom. The Bertz CT molecular complexity index is 1570. The quantitative estimate of drug-likeness (QED) is 0.205. The minimum atomic E-state index is -0.923. The summed E-state index contributed by atoms with van der Waals surface area (Å²) < 4.78 is 4.84. The number of fused-ring (bicyclic) bond motifs is 3. The number of nitro benzene ring substituents is 1. The van der Waals surface area contributed by atoms with Gasteiger partial charge < -0.3 is 9.84 Å². The van der Waals surface area contributed by atoms with Crippen molar-refractivity contribution in [2.24, 2.45) is 0 Å². The summed E-state index contributed by atoms with van der Waals surface area (Å²) in [6.07, 6.45) is -0.276. The Labute approximate surface area is 192 Å². The molecule has 166 valence electrons. The lowest BCUT2D eigenvalue weighted by Crippen LogP contribution is -2.12. The van der Waals surface area contributed by atoms with Crippen LogP contribution in [0.15, 0.2) is 48.5 Å². The van der Waals surface area contributed by atoms with Crippen molar-refractivity contribution >= 4 is 33.5 Å². The molecule has 0 aliphatic carbocycles. The first-order chi connectivity index (χ1) is 16.4. The number of ether oxygens (including phenoxy) is 1. The fourth-order valence-corrected chi connectivity index (χ4v) is 3.94. The molecule has 10 nitrogen and oxygen atoms in total. The molecule has 34 heavy (non-hydrogen) atoms. The van der Waals surface area contributed by atoms with E-state index in [1.54, 1.807) is 30.3 Å². The number of hydrogen-bond acceptors (Lipinski definition) is 9. The van der Waals surface area contributed by atoms with E-state index in [2.05, 4.69) is 9.97 Å². The molecule has 10 heteroatoms. The predicted octanol–water partition coefficient (Wildman–Crippen LogP) is 3.84. The number of benzene rings is 3. The molecule has 3 aromatic carbocycles. The summed E-state index contributed by atoms with van der Waals surface area (Å²) in [6.45, 7) is 0. The zero-order chi connectivity index (χ0) is 24.4. The number of nitriles is 2. The number of hydrogen-bond donors (Lipinski definition) is 1. The van der Waals surface area contributed by atoms with E-state index < -0.39 is 16.8 Å². The molecule has 1 unspecified atom stereocenters. The average Bonchev–Trinajstić information content (AvgIpc) is 2.87. The first-order valence-corrected chi connectivity index (χ1v) is 9.96. The van der Waals surface area contributed by atoms with Gasteiger partial charge in [0.1, 0.15) is 17.9 Å². The van der Waals surface area contributed by atoms with Gasteiger partial charge >= 0.3 is 5.97 Å². The lowest BCUT2D eigenvalue weighted by molar-refractivity contribution is -0.384. The second-order valence-electron chi connectivity index (χ2n) is 7.33. The maximum absolute atomic E-state index is 12.4. The summed E-state index contributed by atoms with van der Waals surface area (Å²) in [4.78, 5) is 31.8. The molecule has 0 bridgehead atoms. The van der Waals surface area contributed by atoms with Gasteiger partial charge in [0.05, 0.1) is 29.5 Å². The van der Waals surface area contributed by atoms with E-state index in [1.165, 1.54) is 25.3 Å². The van der Waals surface area contributed by atoms with Crippen LogP contribution in [0, 0.1) is 32.8 Å². The molecule has 0 saturated carbocycles. The highest BCUT2D eigenvalue weighted by Crippen LogP contribution is 2.44. The number of rotatable bonds is 5. The standard InChI is InChI=1S/C24H15N5O5/c1-34-20(30)10-17(13-5-4-6-14(9-13)29(32)33)21-23-22(27-18(11-25)19(12-26)28-23)15-7-2-3-8-16(15)24(21)31/h2-9,17,31H,10H2,1H3. The van der Waals surface area contributed by atoms with Crippen LogP contribution in [0.4, 0.5) is 5.69 Å². The van der Waals surface area contributed by atoms with E-state index in [-0.39, 0.29) is 45.8 Å². The minimum absolute atomic E-state index is 0.104. The number of nitro groups is 1. The second-order valence-corrected chi connectivity index (χ2v) is 7.33. The van der Waals surface area contributed by atoms with Gasteiger partial charge in [-0.25, -0.2) is 9.97 Å². The van der Waals surface area contributed by atoms with Crippen LogP contribution in [0.2, 0.25) is 0 Å². The number of phenolic OH excluding ortho intramolecular Hbond substituents is 1. The van der Waals surface area contributed by atoms with Gasteiger partial charge in [-0.15, -0.1) is 0 Å². The van der Waals surface area contributed by atoms with Crippen LogP contribution in [0.1, 0.15) is 34.9 Å². The van der Waals surface area contributed by atoms with Crippen molar-refractivity contribution in [3.05, 3.63) is 81.2 Å². The molecule has 4 aromatic rings. The molecule has 0 aliphatic rings. The van der Waals surface area contributed by atoms with Crippen LogP contribution in [-0.2, 0) is 9.53 Å². The van der Waals surface area contributed by atoms with Crippen LogP contribution in [0.25, 0.3) is 21.8 Å². The van der Waals surface area contributed by atoms with Gasteiger partial charge in [0.15, 0.2) is 11.4 Å². The summed E-state index contributed by atoms with van der Waals surface area (Å²) in [6, 6.07) is 16.1. The van der Waals surface area contributed by atoms with Crippen molar-refractivity contribution in [2.45, 2.75) is 12.3 Å². The fourth-order valence-electron chi connectivity index (χ4n) is 3.94. The topological polar surface area (TPSA) is 163 Å². The smallest absolute Gasteiger partial charge is 0.306 e. The number of carbonyl (C=O) groups excluding carboxylic acids is 1. The number of nitrogens with zero attached hydrogens (tertiary/aromatic N) is 5. The molecule has 0 amide bonds. The van der Waals surface area contributed by atoms with Gasteiger partial charge in [-0.05, 0) is 5.56 Å². The Morgan fingerprint density at radius 3 is 2.35 bits per heavy atom. The van der Waals surface area contributed by atoms with Gasteiger partial charge in [-0.2, -0.15) is 10.5 Å². The van der Waals surface area contributed by atoms with Crippen LogP contribution < -0.4 is 0 Å². The van der Waals surface area contributed by atoms with Crippen LogP contribution in [-0.4, -0.2) is 33.1 Å². The molecular weight excluding hydrogens is 438 g/mol. The van der Waals surface area contributed by atoms with Crippen molar-refractivity contribution in [3.8, 4) is 17.9 Å². The third-order valence-electron chi connectivity index (χ3n) is 5.49. The first-order valence-electron chi connectivity index (χ1n) is 9.96. The van der Waals surface area contributed by atoms with Gasteiger partial charge in [0.2, 0.25) is 0 Å². The van der Waals surface area contributed by atoms with Gasteiger partial charge in [-0.1, -0.05) is 36.4 Å². The van der Waals surface area contributed by atoms with Crippen LogP contribution >= 0.6 is 0 Å². The number of phenols is 1. The fraction of sp³-hybridized carbons (Fsp3) is 0.125. The second kappa shape index (κ2) is 8.81. The van der Waals surface area contributed by atoms with E-state index in [4.69, 9.17) is 4.74 Å². The summed E-state index contributed by atoms with van der Waals surface area (Å²) in [5, 5.41) is 42.5. The molecule has 1 atom stereocenters. The number of non-ortho nitro benzene ring substituents is 1. The van der Waals surface area contributed by atoms with Crippen molar-refractivity contribution in [1.29, 1.82) is 10.5 Å². The molecule has 0 radical (unpaired) electrons. The Morgan fingerprint density at radius 2 is 1.74 bits per heavy atom. The van der Waals surface area contributed by atoms with Crippen molar-refractivity contribution in [2.75, 3.05) is 7.11 Å². The lowest BCUT2D eigenvalue weighted by Gasteiger charge is -2.21. The number of esters is 1. The summed E-state index contributed by atoms with van der Waals surface area (Å²) in [5.41, 5.74) is 0.224. The molecule has 0 fully saturated rings. The zero-order valence-corrected chi connectivity index (χ0v) is 17.7. The molecule has 0 spiro atoms. The van der Waals surface area contributed by atoms with E-state index in [0.717, 1.165) is 0 Å². The van der Waals surface area contributed by atoms with Crippen LogP contribution in [0.5, 0.6) is 5.75 Å². The molecule has 4 rings (SSSR count). The summed E-state index contributed by atoms with van der Waals surface area (Å²) in [5.74, 6) is -1.76. The first kappa shape index (κ1) is 22.1. The maximum atomic E-state index is 12.4. The normalized spacial score (nSPS) is 11.5. The number of methoxy groups -OCH3 is 1. The van der Waals surface area contributed by atoms with E-state index in [0.29, 0.717) is 16.3 Å². The Kier molecular flexibility index (Phi) is 5.73. The number of carbonyl (C=O) groups is 1. The predicted molar refractivity (Wildman–Crippen MR) is 120 cm³/mol. The Hall–Kier alpha value is -5.09. The molecule has 1 N–H and O–H groups in total. The van der Waals surface area contributed by atoms with Gasteiger partial charge in [0.25, 0.3) is 5.69 Å². The van der Waals surface area contributed by atoms with Crippen molar-refractivity contribution < 1.29 is 19.6 Å². The van der Waals surface area contributed by atoms with E-state index in [9.17, 15) is 30.5 Å². The monoisotopic (exact) mass is 453 g/mol. The minimum Gasteiger partial charge on any atom is -0.507 e. The highest BCUT2D eigenvalue weighted by Gasteiger charge is 2.29. The number of aromatic nitrogens is 2. The lowest BCUT2D eigenvalue weighted by atomic mass is 9.85. The van der Waals surface area contributed by atoms with Gasteiger partial charge in [0, 0.05) is 34.4 Å². The zero-order valence-electron chi connectivity index (χ0n) is 17.7. The van der Waals surface area contributed by atoms with E-state index in [1.807, 2.05) is 12.1 Å². The van der Waals surface area contributed by atoms with E-state index >= 15 is 0 Å². The van der Waals surface area contributed by atoms with Crippen molar-refractivity contribution in [1.82, 2.24) is 9.97 Å². The third kappa shape index (κ3) is 3.70. The van der Waals surface area contributed by atoms with Crippen LogP contribution in [0.3, 0.4) is 0 Å². The summed E-state index contributed by atoms with van der Waals surface area (Å²) >= 11 is 0. The Balaban J connectivity index is 2.15.